The van der Waals surface area contributed by atoms with Crippen LogP contribution in [-0.4, -0.2) is 35.1 Å². The average Bonchev–Trinajstić information content (AvgIpc) is 2.32. The lowest BCUT2D eigenvalue weighted by atomic mass is 9.94. The lowest BCUT2D eigenvalue weighted by Gasteiger charge is -2.39. The molecule has 0 bridgehead atoms. The van der Waals surface area contributed by atoms with Crippen molar-refractivity contribution in [3.63, 3.8) is 0 Å². The van der Waals surface area contributed by atoms with Gasteiger partial charge < -0.3 is 0 Å². The Hall–Kier alpha value is -0.590. The molecule has 0 amide bonds. The second-order valence-corrected chi connectivity index (χ2v) is 6.71. The van der Waals surface area contributed by atoms with E-state index < -0.39 is 0 Å². The monoisotopic (exact) mass is 265 g/mol. The van der Waals surface area contributed by atoms with Crippen LogP contribution in [0.3, 0.4) is 0 Å². The highest BCUT2D eigenvalue weighted by Crippen LogP contribution is 2.23. The number of nitriles is 1. The normalized spacial score (nSPS) is 28.1. The Balaban J connectivity index is 2.41. The van der Waals surface area contributed by atoms with Gasteiger partial charge in [-0.15, -0.1) is 0 Å². The molecule has 1 aliphatic rings. The quantitative estimate of drug-likeness (QED) is 0.801. The van der Waals surface area contributed by atoms with E-state index in [4.69, 9.17) is 0 Å². The molecule has 0 spiro atoms. The van der Waals surface area contributed by atoms with Crippen molar-refractivity contribution in [2.24, 2.45) is 0 Å². The number of hydrogen-bond donors (Lipinski definition) is 1. The Labute approximate surface area is 119 Å². The molecule has 1 fully saturated rings. The van der Waals surface area contributed by atoms with Gasteiger partial charge in [-0.25, -0.2) is 0 Å². The smallest absolute Gasteiger partial charge is 0.104 e. The van der Waals surface area contributed by atoms with Crippen LogP contribution in [0.1, 0.15) is 66.7 Å². The van der Waals surface area contributed by atoms with Crippen molar-refractivity contribution < 1.29 is 0 Å². The first-order chi connectivity index (χ1) is 8.88. The van der Waals surface area contributed by atoms with Gasteiger partial charge in [0.25, 0.3) is 0 Å². The summed E-state index contributed by atoms with van der Waals surface area (Å²) in [5, 5.41) is 12.7. The highest BCUT2D eigenvalue weighted by Gasteiger charge is 2.27. The summed E-state index contributed by atoms with van der Waals surface area (Å²) in [6.45, 7) is 12.0. The summed E-state index contributed by atoms with van der Waals surface area (Å²) in [5.74, 6) is 0. The van der Waals surface area contributed by atoms with Gasteiger partial charge in [-0.2, -0.15) is 5.26 Å². The third kappa shape index (κ3) is 5.12. The van der Waals surface area contributed by atoms with E-state index in [-0.39, 0.29) is 5.54 Å². The van der Waals surface area contributed by atoms with Crippen LogP contribution in [-0.2, 0) is 0 Å². The fraction of sp³-hybridized carbons (Fsp3) is 0.938. The number of piperidine rings is 1. The molecule has 1 N–H and O–H groups in total. The molecule has 0 aromatic carbocycles. The Bertz CT molecular complexity index is 298. The van der Waals surface area contributed by atoms with Gasteiger partial charge in [-0.1, -0.05) is 6.42 Å². The zero-order chi connectivity index (χ0) is 14.5. The minimum atomic E-state index is -0.379. The molecular formula is C16H31N3. The van der Waals surface area contributed by atoms with E-state index in [1.807, 2.05) is 6.92 Å². The lowest BCUT2D eigenvalue weighted by molar-refractivity contribution is 0.0991. The summed E-state index contributed by atoms with van der Waals surface area (Å²) in [4.78, 5) is 2.62. The van der Waals surface area contributed by atoms with Gasteiger partial charge in [0, 0.05) is 18.1 Å². The van der Waals surface area contributed by atoms with Crippen LogP contribution in [0.25, 0.3) is 0 Å². The first-order valence-electron chi connectivity index (χ1n) is 7.82. The van der Waals surface area contributed by atoms with Gasteiger partial charge in [0.15, 0.2) is 0 Å². The maximum absolute atomic E-state index is 9.35. The van der Waals surface area contributed by atoms with Crippen molar-refractivity contribution in [2.75, 3.05) is 6.54 Å². The number of hydrogen-bond acceptors (Lipinski definition) is 3. The van der Waals surface area contributed by atoms with Crippen LogP contribution in [0.15, 0.2) is 0 Å². The molecule has 3 atom stereocenters. The second-order valence-electron chi connectivity index (χ2n) is 6.71. The van der Waals surface area contributed by atoms with Gasteiger partial charge in [0.2, 0.25) is 0 Å². The Morgan fingerprint density at radius 2 is 1.89 bits per heavy atom. The summed E-state index contributed by atoms with van der Waals surface area (Å²) in [6.07, 6.45) is 6.04. The Morgan fingerprint density at radius 1 is 1.32 bits per heavy atom. The highest BCUT2D eigenvalue weighted by molar-refractivity contribution is 5.04. The van der Waals surface area contributed by atoms with E-state index in [0.29, 0.717) is 18.1 Å². The lowest BCUT2D eigenvalue weighted by Crippen LogP contribution is -2.47. The van der Waals surface area contributed by atoms with Crippen LogP contribution < -0.4 is 5.32 Å². The molecule has 3 nitrogen and oxygen atoms in total. The second kappa shape index (κ2) is 7.26. The zero-order valence-electron chi connectivity index (χ0n) is 13.4. The van der Waals surface area contributed by atoms with Crippen LogP contribution in [0.4, 0.5) is 0 Å². The topological polar surface area (TPSA) is 39.1 Å². The van der Waals surface area contributed by atoms with Gasteiger partial charge >= 0.3 is 0 Å². The van der Waals surface area contributed by atoms with Crippen molar-refractivity contribution in [3.8, 4) is 6.07 Å². The van der Waals surface area contributed by atoms with Crippen LogP contribution >= 0.6 is 0 Å². The third-order valence-electron chi connectivity index (χ3n) is 4.32. The van der Waals surface area contributed by atoms with Crippen molar-refractivity contribution >= 4 is 0 Å². The molecule has 0 saturated carbocycles. The molecule has 1 aliphatic heterocycles. The molecular weight excluding hydrogens is 234 g/mol. The molecule has 0 aromatic heterocycles. The van der Waals surface area contributed by atoms with Gasteiger partial charge in [0.05, 0.1) is 6.07 Å². The van der Waals surface area contributed by atoms with E-state index in [2.05, 4.69) is 44.0 Å². The zero-order valence-corrected chi connectivity index (χ0v) is 13.4. The Kier molecular flexibility index (Phi) is 6.29. The summed E-state index contributed by atoms with van der Waals surface area (Å²) in [7, 11) is 0. The molecule has 0 radical (unpaired) electrons. The highest BCUT2D eigenvalue weighted by atomic mass is 15.2. The van der Waals surface area contributed by atoms with E-state index in [1.165, 1.54) is 19.3 Å². The number of rotatable bonds is 6. The van der Waals surface area contributed by atoms with Crippen LogP contribution in [0.2, 0.25) is 0 Å². The van der Waals surface area contributed by atoms with Gasteiger partial charge in [-0.3, -0.25) is 10.2 Å². The summed E-state index contributed by atoms with van der Waals surface area (Å²) < 4.78 is 0. The minimum Gasteiger partial charge on any atom is -0.298 e. The minimum absolute atomic E-state index is 0.359. The molecule has 3 heteroatoms. The summed E-state index contributed by atoms with van der Waals surface area (Å²) in [6, 6.07) is 4.21. The number of nitrogens with zero attached hydrogens (tertiary/aromatic N) is 2. The summed E-state index contributed by atoms with van der Waals surface area (Å²) in [5.41, 5.74) is -0.379. The molecule has 3 unspecified atom stereocenters. The SMILES string of the molecule is CC(C)NC(C)(C#N)CCCN1C(C)CCCC1C. The average molecular weight is 265 g/mol. The molecule has 1 saturated heterocycles. The number of nitrogens with one attached hydrogen (secondary N) is 1. The molecule has 0 aromatic rings. The molecule has 1 heterocycles. The van der Waals surface area contributed by atoms with Gasteiger partial charge in [0.1, 0.15) is 5.54 Å². The van der Waals surface area contributed by atoms with Crippen LogP contribution in [0.5, 0.6) is 0 Å². The molecule has 1 rings (SSSR count). The maximum atomic E-state index is 9.35. The third-order valence-corrected chi connectivity index (χ3v) is 4.32. The fourth-order valence-electron chi connectivity index (χ4n) is 3.33. The van der Waals surface area contributed by atoms with Crippen molar-refractivity contribution in [3.05, 3.63) is 0 Å². The Morgan fingerprint density at radius 3 is 2.37 bits per heavy atom. The molecule has 19 heavy (non-hydrogen) atoms. The van der Waals surface area contributed by atoms with Crippen LogP contribution in [0, 0.1) is 11.3 Å². The van der Waals surface area contributed by atoms with Crippen molar-refractivity contribution in [1.29, 1.82) is 5.26 Å². The van der Waals surface area contributed by atoms with E-state index in [1.54, 1.807) is 0 Å². The molecule has 0 aliphatic carbocycles. The van der Waals surface area contributed by atoms with E-state index in [0.717, 1.165) is 19.4 Å². The van der Waals surface area contributed by atoms with Crippen molar-refractivity contribution in [1.82, 2.24) is 10.2 Å². The van der Waals surface area contributed by atoms with Gasteiger partial charge in [-0.05, 0) is 66.8 Å². The van der Waals surface area contributed by atoms with Crippen molar-refractivity contribution in [2.45, 2.75) is 90.4 Å². The number of likely N-dealkylation sites (tertiary alicyclic amines) is 1. The summed E-state index contributed by atoms with van der Waals surface area (Å²) >= 11 is 0. The largest absolute Gasteiger partial charge is 0.298 e. The van der Waals surface area contributed by atoms with E-state index >= 15 is 0 Å². The predicted octanol–water partition coefficient (Wildman–Crippen LogP) is 3.31. The standard InChI is InChI=1S/C16H31N3/c1-13(2)18-16(5,12-17)10-7-11-19-14(3)8-6-9-15(19)4/h13-15,18H,6-11H2,1-5H3. The maximum Gasteiger partial charge on any atom is 0.104 e. The first kappa shape index (κ1) is 16.5. The first-order valence-corrected chi connectivity index (χ1v) is 7.82. The fourth-order valence-corrected chi connectivity index (χ4v) is 3.33. The van der Waals surface area contributed by atoms with E-state index in [9.17, 15) is 5.26 Å². The molecule has 110 valence electrons. The predicted molar refractivity (Wildman–Crippen MR) is 81.0 cm³/mol.